The predicted molar refractivity (Wildman–Crippen MR) is 50.3 cm³/mol. The molecule has 0 radical (unpaired) electrons. The number of carboxylic acid groups (broad SMARTS) is 1. The maximum atomic E-state index is 9.00. The van der Waals surface area contributed by atoms with Crippen molar-refractivity contribution in [1.82, 2.24) is 0 Å². The third-order valence-electron chi connectivity index (χ3n) is 1.29. The zero-order valence-corrected chi connectivity index (χ0v) is 8.02. The molecule has 1 fully saturated rings. The average Bonchev–Trinajstić information content (AvgIpc) is 2.14. The summed E-state index contributed by atoms with van der Waals surface area (Å²) in [6, 6.07) is 0. The van der Waals surface area contributed by atoms with E-state index in [0.717, 1.165) is 25.0 Å². The molecule has 0 aromatic carbocycles. The molecule has 4 heteroatoms. The zero-order chi connectivity index (χ0) is 9.40. The summed E-state index contributed by atoms with van der Waals surface area (Å²) in [5, 5.41) is 8.22. The van der Waals surface area contributed by atoms with Crippen LogP contribution in [0, 0.1) is 0 Å². The summed E-state index contributed by atoms with van der Waals surface area (Å²) in [4.78, 5) is 9.00. The number of aliphatic carboxylic acids is 1. The van der Waals surface area contributed by atoms with E-state index in [2.05, 4.69) is 0 Å². The Kier molecular flexibility index (Phi) is 6.66. The number of ether oxygens (including phenoxy) is 1. The number of carboxylic acids is 1. The van der Waals surface area contributed by atoms with Crippen LogP contribution >= 0.6 is 12.2 Å². The highest BCUT2D eigenvalue weighted by Crippen LogP contribution is 2.07. The van der Waals surface area contributed by atoms with Gasteiger partial charge in [-0.05, 0) is 31.5 Å². The van der Waals surface area contributed by atoms with Crippen molar-refractivity contribution in [1.29, 1.82) is 0 Å². The first-order valence-electron chi connectivity index (χ1n) is 3.98. The minimum absolute atomic E-state index is 0.808. The van der Waals surface area contributed by atoms with Crippen molar-refractivity contribution in [2.75, 3.05) is 6.61 Å². The lowest BCUT2D eigenvalue weighted by Crippen LogP contribution is -1.97. The molecule has 0 unspecified atom stereocenters. The van der Waals surface area contributed by atoms with Crippen LogP contribution in [0.25, 0.3) is 0 Å². The highest BCUT2D eigenvalue weighted by molar-refractivity contribution is 7.80. The summed E-state index contributed by atoms with van der Waals surface area (Å²) in [7, 11) is 0. The summed E-state index contributed by atoms with van der Waals surface area (Å²) >= 11 is 4.87. The second kappa shape index (κ2) is 7.03. The summed E-state index contributed by atoms with van der Waals surface area (Å²) < 4.78 is 5.13. The molecule has 1 heterocycles. The van der Waals surface area contributed by atoms with Gasteiger partial charge in [-0.25, -0.2) is 0 Å². The highest BCUT2D eigenvalue weighted by Gasteiger charge is 2.01. The Hall–Kier alpha value is -0.640. The second-order valence-corrected chi connectivity index (χ2v) is 3.01. The quantitative estimate of drug-likeness (QED) is 0.593. The van der Waals surface area contributed by atoms with Crippen LogP contribution in [0.15, 0.2) is 0 Å². The molecule has 12 heavy (non-hydrogen) atoms. The van der Waals surface area contributed by atoms with E-state index >= 15 is 0 Å². The fourth-order valence-corrected chi connectivity index (χ4v) is 1.03. The SMILES string of the molecule is CC(=O)O.S=C1CCCCCO1. The maximum absolute atomic E-state index is 9.00. The van der Waals surface area contributed by atoms with E-state index in [1.807, 2.05) is 0 Å². The lowest BCUT2D eigenvalue weighted by atomic mass is 10.2. The molecule has 0 aromatic heterocycles. The number of thiocarbonyl (C=S) groups is 1. The Morgan fingerprint density at radius 3 is 2.67 bits per heavy atom. The van der Waals surface area contributed by atoms with Crippen LogP contribution in [0.2, 0.25) is 0 Å². The van der Waals surface area contributed by atoms with Crippen molar-refractivity contribution in [3.63, 3.8) is 0 Å². The molecule has 1 N–H and O–H groups in total. The van der Waals surface area contributed by atoms with Crippen molar-refractivity contribution in [3.8, 4) is 0 Å². The lowest BCUT2D eigenvalue weighted by molar-refractivity contribution is -0.134. The third kappa shape index (κ3) is 9.36. The predicted octanol–water partition coefficient (Wildman–Crippen LogP) is 2.00. The molecule has 1 aliphatic heterocycles. The standard InChI is InChI=1S/C6H10OS.C2H4O2/c8-6-4-2-1-3-5-7-6;1-2(3)4/h1-5H2;1H3,(H,3,4). The van der Waals surface area contributed by atoms with Gasteiger partial charge in [0.15, 0.2) is 5.05 Å². The van der Waals surface area contributed by atoms with E-state index in [0.29, 0.717) is 0 Å². The highest BCUT2D eigenvalue weighted by atomic mass is 32.1. The van der Waals surface area contributed by atoms with Gasteiger partial charge >= 0.3 is 0 Å². The van der Waals surface area contributed by atoms with E-state index < -0.39 is 5.97 Å². The van der Waals surface area contributed by atoms with Gasteiger partial charge in [0.25, 0.3) is 5.97 Å². The molecule has 1 aliphatic rings. The minimum atomic E-state index is -0.833. The molecule has 0 spiro atoms. The molecule has 3 nitrogen and oxygen atoms in total. The Morgan fingerprint density at radius 1 is 1.50 bits per heavy atom. The van der Waals surface area contributed by atoms with Crippen LogP contribution in [0.5, 0.6) is 0 Å². The molecule has 0 saturated carbocycles. The number of carbonyl (C=O) groups is 1. The van der Waals surface area contributed by atoms with Crippen molar-refractivity contribution in [2.45, 2.75) is 32.6 Å². The molecular weight excluding hydrogens is 176 g/mol. The van der Waals surface area contributed by atoms with E-state index in [1.165, 1.54) is 19.3 Å². The van der Waals surface area contributed by atoms with Crippen molar-refractivity contribution in [3.05, 3.63) is 0 Å². The van der Waals surface area contributed by atoms with Gasteiger partial charge in [0.2, 0.25) is 0 Å². The van der Waals surface area contributed by atoms with Crippen LogP contribution in [0.4, 0.5) is 0 Å². The third-order valence-corrected chi connectivity index (χ3v) is 1.61. The van der Waals surface area contributed by atoms with Crippen molar-refractivity contribution >= 4 is 23.2 Å². The summed E-state index contributed by atoms with van der Waals surface area (Å²) in [6.45, 7) is 1.93. The largest absolute Gasteiger partial charge is 0.487 e. The Labute approximate surface area is 77.7 Å². The van der Waals surface area contributed by atoms with Crippen LogP contribution < -0.4 is 0 Å². The minimum Gasteiger partial charge on any atom is -0.487 e. The van der Waals surface area contributed by atoms with Crippen molar-refractivity contribution in [2.24, 2.45) is 0 Å². The number of hydrogen-bond acceptors (Lipinski definition) is 3. The molecule has 1 rings (SSSR count). The Balaban J connectivity index is 0.000000261. The molecule has 0 atom stereocenters. The van der Waals surface area contributed by atoms with E-state index in [4.69, 9.17) is 26.9 Å². The van der Waals surface area contributed by atoms with E-state index in [9.17, 15) is 0 Å². The van der Waals surface area contributed by atoms with Crippen LogP contribution in [-0.2, 0) is 9.53 Å². The van der Waals surface area contributed by atoms with Gasteiger partial charge in [0, 0.05) is 13.3 Å². The summed E-state index contributed by atoms with van der Waals surface area (Å²) in [5.74, 6) is -0.833. The zero-order valence-electron chi connectivity index (χ0n) is 7.21. The van der Waals surface area contributed by atoms with Gasteiger partial charge in [0.05, 0.1) is 6.61 Å². The topological polar surface area (TPSA) is 46.5 Å². The number of hydrogen-bond donors (Lipinski definition) is 1. The fourth-order valence-electron chi connectivity index (χ4n) is 0.806. The molecule has 0 amide bonds. The van der Waals surface area contributed by atoms with Gasteiger partial charge in [0.1, 0.15) is 0 Å². The number of rotatable bonds is 0. The fraction of sp³-hybridized carbons (Fsp3) is 0.750. The van der Waals surface area contributed by atoms with E-state index in [-0.39, 0.29) is 0 Å². The van der Waals surface area contributed by atoms with Gasteiger partial charge in [-0.2, -0.15) is 0 Å². The van der Waals surface area contributed by atoms with Gasteiger partial charge in [-0.15, -0.1) is 0 Å². The monoisotopic (exact) mass is 190 g/mol. The maximum Gasteiger partial charge on any atom is 0.300 e. The van der Waals surface area contributed by atoms with Gasteiger partial charge in [-0.3, -0.25) is 4.79 Å². The Morgan fingerprint density at radius 2 is 2.08 bits per heavy atom. The van der Waals surface area contributed by atoms with Crippen LogP contribution in [0.3, 0.4) is 0 Å². The smallest absolute Gasteiger partial charge is 0.300 e. The molecule has 0 aliphatic carbocycles. The molecule has 0 bridgehead atoms. The average molecular weight is 190 g/mol. The lowest BCUT2D eigenvalue weighted by Gasteiger charge is -1.97. The van der Waals surface area contributed by atoms with Crippen LogP contribution in [0.1, 0.15) is 32.6 Å². The Bertz CT molecular complexity index is 142. The summed E-state index contributed by atoms with van der Waals surface area (Å²) in [5.41, 5.74) is 0. The van der Waals surface area contributed by atoms with Crippen molar-refractivity contribution < 1.29 is 14.6 Å². The van der Waals surface area contributed by atoms with Gasteiger partial charge in [-0.1, -0.05) is 0 Å². The van der Waals surface area contributed by atoms with Crippen LogP contribution in [-0.4, -0.2) is 22.7 Å². The molecular formula is C8H14O3S. The first kappa shape index (κ1) is 11.4. The normalized spacial score (nSPS) is 16.6. The molecule has 1 saturated heterocycles. The second-order valence-electron chi connectivity index (χ2n) is 2.55. The molecule has 0 aromatic rings. The molecule has 70 valence electrons. The van der Waals surface area contributed by atoms with E-state index in [1.54, 1.807) is 0 Å². The first-order valence-corrected chi connectivity index (χ1v) is 4.39. The summed E-state index contributed by atoms with van der Waals surface area (Å²) in [6.07, 6.45) is 4.68. The first-order chi connectivity index (χ1) is 5.63. The van der Waals surface area contributed by atoms with Gasteiger partial charge < -0.3 is 9.84 Å².